The fraction of sp³-hybridized carbons (Fsp3) is 0.727. The second-order valence-corrected chi connectivity index (χ2v) is 4.40. The van der Waals surface area contributed by atoms with Gasteiger partial charge in [0.1, 0.15) is 0 Å². The quantitative estimate of drug-likeness (QED) is 0.745. The van der Waals surface area contributed by atoms with Gasteiger partial charge in [-0.15, -0.1) is 0 Å². The van der Waals surface area contributed by atoms with Gasteiger partial charge in [-0.3, -0.25) is 0 Å². The van der Waals surface area contributed by atoms with Crippen LogP contribution in [0.15, 0.2) is 0 Å². The maximum atomic E-state index is 11.9. The zero-order valence-corrected chi connectivity index (χ0v) is 11.8. The van der Waals surface area contributed by atoms with Crippen molar-refractivity contribution in [1.82, 2.24) is 15.0 Å². The van der Waals surface area contributed by atoms with Gasteiger partial charge in [0.25, 0.3) is 0 Å². The molecule has 0 spiro atoms. The van der Waals surface area contributed by atoms with Crippen LogP contribution >= 0.6 is 11.6 Å². The summed E-state index contributed by atoms with van der Waals surface area (Å²) < 4.78 is 41.0. The minimum absolute atomic E-state index is 0.0242. The van der Waals surface area contributed by atoms with Crippen molar-refractivity contribution in [1.29, 1.82) is 0 Å². The fourth-order valence-corrected chi connectivity index (χ4v) is 1.47. The number of anilines is 1. The van der Waals surface area contributed by atoms with E-state index in [4.69, 9.17) is 16.3 Å². The van der Waals surface area contributed by atoms with Crippen molar-refractivity contribution in [3.63, 3.8) is 0 Å². The van der Waals surface area contributed by atoms with Gasteiger partial charge in [0.05, 0.1) is 6.61 Å². The third kappa shape index (κ3) is 7.32. The second-order valence-electron chi connectivity index (χ2n) is 4.06. The highest BCUT2D eigenvalue weighted by Gasteiger charge is 2.25. The van der Waals surface area contributed by atoms with Crippen molar-refractivity contribution in [2.75, 3.05) is 18.5 Å². The molecule has 0 fully saturated rings. The molecule has 0 saturated carbocycles. The maximum Gasteiger partial charge on any atom is 0.389 e. The van der Waals surface area contributed by atoms with E-state index in [2.05, 4.69) is 20.3 Å². The first-order chi connectivity index (χ1) is 9.40. The molecule has 0 saturated heterocycles. The van der Waals surface area contributed by atoms with Gasteiger partial charge >= 0.3 is 12.2 Å². The van der Waals surface area contributed by atoms with Crippen molar-refractivity contribution in [2.45, 2.75) is 38.8 Å². The first-order valence-electron chi connectivity index (χ1n) is 6.25. The number of halogens is 4. The molecule has 0 aliphatic carbocycles. The van der Waals surface area contributed by atoms with Crippen LogP contribution in [0.5, 0.6) is 6.01 Å². The number of ether oxygens (including phenoxy) is 1. The van der Waals surface area contributed by atoms with Crippen molar-refractivity contribution < 1.29 is 17.9 Å². The molecular weight excluding hydrogens is 297 g/mol. The van der Waals surface area contributed by atoms with Gasteiger partial charge in [0.2, 0.25) is 11.2 Å². The summed E-state index contributed by atoms with van der Waals surface area (Å²) in [7, 11) is 0. The molecule has 0 radical (unpaired) electrons. The number of alkyl halides is 3. The standard InChI is InChI=1S/C11H16ClF3N4O/c1-2-7-20-10-18-8(12)17-9(19-10)16-6-4-3-5-11(13,14)15/h2-7H2,1H3,(H,16,17,18,19). The second kappa shape index (κ2) is 8.08. The summed E-state index contributed by atoms with van der Waals surface area (Å²) in [5.41, 5.74) is 0. The first kappa shape index (κ1) is 16.7. The summed E-state index contributed by atoms with van der Waals surface area (Å²) in [6.07, 6.45) is -3.71. The van der Waals surface area contributed by atoms with Crippen molar-refractivity contribution in [3.05, 3.63) is 5.28 Å². The molecule has 1 N–H and O–H groups in total. The molecule has 114 valence electrons. The zero-order chi connectivity index (χ0) is 15.0. The highest BCUT2D eigenvalue weighted by Crippen LogP contribution is 2.22. The molecule has 0 amide bonds. The molecule has 0 unspecified atom stereocenters. The Hall–Kier alpha value is -1.31. The van der Waals surface area contributed by atoms with Crippen molar-refractivity contribution in [3.8, 4) is 6.01 Å². The van der Waals surface area contributed by atoms with Gasteiger partial charge in [-0.2, -0.15) is 28.1 Å². The van der Waals surface area contributed by atoms with Crippen LogP contribution in [-0.4, -0.2) is 34.3 Å². The lowest BCUT2D eigenvalue weighted by Gasteiger charge is -2.08. The van der Waals surface area contributed by atoms with E-state index in [-0.39, 0.29) is 23.7 Å². The molecule has 0 aliphatic heterocycles. The molecule has 9 heteroatoms. The van der Waals surface area contributed by atoms with E-state index in [9.17, 15) is 13.2 Å². The molecule has 1 heterocycles. The number of hydrogen-bond donors (Lipinski definition) is 1. The van der Waals surface area contributed by atoms with E-state index in [1.54, 1.807) is 0 Å². The Kier molecular flexibility index (Phi) is 6.77. The van der Waals surface area contributed by atoms with Crippen LogP contribution in [0.2, 0.25) is 5.28 Å². The molecule has 0 bridgehead atoms. The smallest absolute Gasteiger partial charge is 0.389 e. The largest absolute Gasteiger partial charge is 0.463 e. The third-order valence-corrected chi connectivity index (χ3v) is 2.36. The fourth-order valence-electron chi connectivity index (χ4n) is 1.32. The van der Waals surface area contributed by atoms with Gasteiger partial charge in [-0.1, -0.05) is 6.92 Å². The summed E-state index contributed by atoms with van der Waals surface area (Å²) in [6.45, 7) is 2.71. The van der Waals surface area contributed by atoms with Crippen molar-refractivity contribution >= 4 is 17.5 Å². The molecule has 1 aromatic heterocycles. The van der Waals surface area contributed by atoms with Crippen LogP contribution in [0.3, 0.4) is 0 Å². The van der Waals surface area contributed by atoms with E-state index < -0.39 is 12.6 Å². The van der Waals surface area contributed by atoms with Gasteiger partial charge in [0.15, 0.2) is 0 Å². The Bertz CT molecular complexity index is 417. The van der Waals surface area contributed by atoms with Crippen LogP contribution in [0.1, 0.15) is 32.6 Å². The predicted molar refractivity (Wildman–Crippen MR) is 69.0 cm³/mol. The number of nitrogens with one attached hydrogen (secondary N) is 1. The SMILES string of the molecule is CCCOc1nc(Cl)nc(NCCCCC(F)(F)F)n1. The monoisotopic (exact) mass is 312 g/mol. The Balaban J connectivity index is 2.37. The van der Waals surface area contributed by atoms with Crippen LogP contribution in [0, 0.1) is 0 Å². The summed E-state index contributed by atoms with van der Waals surface area (Å²) in [4.78, 5) is 11.6. The lowest BCUT2D eigenvalue weighted by molar-refractivity contribution is -0.135. The normalized spacial score (nSPS) is 11.4. The average Bonchev–Trinajstić information content (AvgIpc) is 2.34. The highest BCUT2D eigenvalue weighted by atomic mass is 35.5. The van der Waals surface area contributed by atoms with E-state index in [0.29, 0.717) is 19.6 Å². The topological polar surface area (TPSA) is 59.9 Å². The van der Waals surface area contributed by atoms with Gasteiger partial charge in [-0.25, -0.2) is 0 Å². The van der Waals surface area contributed by atoms with E-state index in [1.165, 1.54) is 0 Å². The van der Waals surface area contributed by atoms with Gasteiger partial charge in [-0.05, 0) is 30.9 Å². The lowest BCUT2D eigenvalue weighted by atomic mass is 10.2. The van der Waals surface area contributed by atoms with E-state index >= 15 is 0 Å². The summed E-state index contributed by atoms with van der Waals surface area (Å²) in [5, 5.41) is 2.77. The Morgan fingerprint density at radius 3 is 2.60 bits per heavy atom. The molecule has 1 aromatic rings. The molecule has 1 rings (SSSR count). The number of rotatable bonds is 8. The number of nitrogens with zero attached hydrogens (tertiary/aromatic N) is 3. The van der Waals surface area contributed by atoms with Crippen LogP contribution < -0.4 is 10.1 Å². The molecule has 0 atom stereocenters. The van der Waals surface area contributed by atoms with Crippen LogP contribution in [0.25, 0.3) is 0 Å². The minimum Gasteiger partial charge on any atom is -0.463 e. The van der Waals surface area contributed by atoms with E-state index in [1.807, 2.05) is 6.92 Å². The molecule has 0 aromatic carbocycles. The van der Waals surface area contributed by atoms with Gasteiger partial charge < -0.3 is 10.1 Å². The van der Waals surface area contributed by atoms with E-state index in [0.717, 1.165) is 6.42 Å². The Morgan fingerprint density at radius 1 is 1.20 bits per heavy atom. The first-order valence-corrected chi connectivity index (χ1v) is 6.63. The minimum atomic E-state index is -4.11. The molecule has 5 nitrogen and oxygen atoms in total. The number of hydrogen-bond acceptors (Lipinski definition) is 5. The number of aromatic nitrogens is 3. The maximum absolute atomic E-state index is 11.9. The summed E-state index contributed by atoms with van der Waals surface area (Å²) in [6, 6.07) is 0.102. The Morgan fingerprint density at radius 2 is 1.95 bits per heavy atom. The molecule has 20 heavy (non-hydrogen) atoms. The van der Waals surface area contributed by atoms with Crippen LogP contribution in [0.4, 0.5) is 19.1 Å². The van der Waals surface area contributed by atoms with Crippen LogP contribution in [-0.2, 0) is 0 Å². The van der Waals surface area contributed by atoms with Gasteiger partial charge in [0, 0.05) is 13.0 Å². The highest BCUT2D eigenvalue weighted by molar-refractivity contribution is 6.28. The predicted octanol–water partition coefficient (Wildman–Crippen LogP) is 3.46. The average molecular weight is 313 g/mol. The lowest BCUT2D eigenvalue weighted by Crippen LogP contribution is -2.11. The summed E-state index contributed by atoms with van der Waals surface area (Å²) in [5.74, 6) is 0.197. The Labute approximate surface area is 119 Å². The third-order valence-electron chi connectivity index (χ3n) is 2.19. The molecule has 0 aliphatic rings. The summed E-state index contributed by atoms with van der Waals surface area (Å²) >= 11 is 5.70. The number of unbranched alkanes of at least 4 members (excludes halogenated alkanes) is 1. The zero-order valence-electron chi connectivity index (χ0n) is 11.0. The molecular formula is C11H16ClF3N4O. The van der Waals surface area contributed by atoms with Crippen molar-refractivity contribution in [2.24, 2.45) is 0 Å².